The SMILES string of the molecule is COCc1nn2c(CN3CCNC3=O)c(C(F)(F)F)nc2s1. The van der Waals surface area contributed by atoms with E-state index in [1.165, 1.54) is 12.0 Å². The maximum atomic E-state index is 13.1. The average Bonchev–Trinajstić information content (AvgIpc) is 3.07. The fourth-order valence-corrected chi connectivity index (χ4v) is 3.11. The molecule has 1 saturated heterocycles. The number of carbonyl (C=O) groups excluding carboxylic acids is 1. The first-order valence-corrected chi connectivity index (χ1v) is 7.18. The number of urea groups is 1. The molecule has 1 N–H and O–H groups in total. The Kier molecular flexibility index (Phi) is 3.68. The van der Waals surface area contributed by atoms with E-state index >= 15 is 0 Å². The van der Waals surface area contributed by atoms with Crippen molar-refractivity contribution >= 4 is 22.3 Å². The molecule has 2 aromatic heterocycles. The number of hydrogen-bond donors (Lipinski definition) is 1. The Morgan fingerprint density at radius 2 is 2.23 bits per heavy atom. The van der Waals surface area contributed by atoms with Crippen LogP contribution >= 0.6 is 11.3 Å². The number of hydrogen-bond acceptors (Lipinski definition) is 5. The lowest BCUT2D eigenvalue weighted by Gasteiger charge is -2.14. The molecule has 0 unspecified atom stereocenters. The number of imidazole rings is 1. The molecule has 22 heavy (non-hydrogen) atoms. The van der Waals surface area contributed by atoms with E-state index in [2.05, 4.69) is 15.4 Å². The summed E-state index contributed by atoms with van der Waals surface area (Å²) in [4.78, 5) is 16.6. The average molecular weight is 335 g/mol. The van der Waals surface area contributed by atoms with Crippen LogP contribution < -0.4 is 5.32 Å². The van der Waals surface area contributed by atoms with E-state index in [0.717, 1.165) is 15.9 Å². The van der Waals surface area contributed by atoms with Crippen molar-refractivity contribution < 1.29 is 22.7 Å². The molecule has 0 atom stereocenters. The molecule has 1 fully saturated rings. The summed E-state index contributed by atoms with van der Waals surface area (Å²) in [6, 6.07) is -0.393. The molecule has 0 aromatic carbocycles. The largest absolute Gasteiger partial charge is 0.435 e. The minimum atomic E-state index is -4.60. The van der Waals surface area contributed by atoms with Gasteiger partial charge in [0.1, 0.15) is 5.01 Å². The van der Waals surface area contributed by atoms with Gasteiger partial charge < -0.3 is 15.0 Å². The first-order valence-electron chi connectivity index (χ1n) is 6.36. The van der Waals surface area contributed by atoms with Crippen LogP contribution in [0.4, 0.5) is 18.0 Å². The van der Waals surface area contributed by atoms with E-state index in [1.54, 1.807) is 0 Å². The normalized spacial score (nSPS) is 15.8. The number of aromatic nitrogens is 3. The van der Waals surface area contributed by atoms with Gasteiger partial charge >= 0.3 is 12.2 Å². The molecular weight excluding hydrogens is 323 g/mol. The molecule has 7 nitrogen and oxygen atoms in total. The number of carbonyl (C=O) groups is 1. The Balaban J connectivity index is 2.04. The molecule has 11 heteroatoms. The topological polar surface area (TPSA) is 71.8 Å². The Hall–Kier alpha value is -1.88. The number of alkyl halides is 3. The second-order valence-corrected chi connectivity index (χ2v) is 5.72. The van der Waals surface area contributed by atoms with E-state index < -0.39 is 17.9 Å². The number of nitrogens with zero attached hydrogens (tertiary/aromatic N) is 4. The third kappa shape index (κ3) is 2.61. The molecule has 0 spiro atoms. The molecule has 0 aliphatic carbocycles. The molecule has 0 radical (unpaired) electrons. The van der Waals surface area contributed by atoms with Gasteiger partial charge in [0.15, 0.2) is 5.69 Å². The van der Waals surface area contributed by atoms with Crippen molar-refractivity contribution in [3.8, 4) is 0 Å². The van der Waals surface area contributed by atoms with E-state index in [1.807, 2.05) is 0 Å². The van der Waals surface area contributed by atoms with Crippen LogP contribution in [0.15, 0.2) is 0 Å². The lowest BCUT2D eigenvalue weighted by Crippen LogP contribution is -2.29. The first-order chi connectivity index (χ1) is 10.4. The maximum absolute atomic E-state index is 13.1. The molecule has 0 saturated carbocycles. The van der Waals surface area contributed by atoms with Crippen molar-refractivity contribution in [1.29, 1.82) is 0 Å². The van der Waals surface area contributed by atoms with Gasteiger partial charge in [0.05, 0.1) is 18.8 Å². The summed E-state index contributed by atoms with van der Waals surface area (Å²) in [5.41, 5.74) is -1.15. The fraction of sp³-hybridized carbons (Fsp3) is 0.545. The van der Waals surface area contributed by atoms with Gasteiger partial charge in [0, 0.05) is 20.2 Å². The first kappa shape index (κ1) is 15.0. The van der Waals surface area contributed by atoms with E-state index in [-0.39, 0.29) is 23.8 Å². The fourth-order valence-electron chi connectivity index (χ4n) is 2.22. The molecule has 1 aliphatic heterocycles. The van der Waals surface area contributed by atoms with Gasteiger partial charge in [-0.1, -0.05) is 11.3 Å². The molecule has 3 heterocycles. The standard InChI is InChI=1S/C11H12F3N5O2S/c1-21-5-7-17-19-6(4-18-3-2-15-9(18)20)8(11(12,13)14)16-10(19)22-7/h2-5H2,1H3,(H,15,20). The minimum Gasteiger partial charge on any atom is -0.377 e. The Bertz CT molecular complexity index is 710. The van der Waals surface area contributed by atoms with Crippen LogP contribution in [0.3, 0.4) is 0 Å². The number of fused-ring (bicyclic) bond motifs is 1. The zero-order valence-corrected chi connectivity index (χ0v) is 12.3. The number of ether oxygens (including phenoxy) is 1. The van der Waals surface area contributed by atoms with Crippen LogP contribution in [0.5, 0.6) is 0 Å². The molecule has 120 valence electrons. The zero-order valence-electron chi connectivity index (χ0n) is 11.5. The molecule has 2 amide bonds. The summed E-state index contributed by atoms with van der Waals surface area (Å²) < 4.78 is 45.5. The molecule has 1 aliphatic rings. The van der Waals surface area contributed by atoms with Crippen LogP contribution in [0, 0.1) is 0 Å². The third-order valence-corrected chi connectivity index (χ3v) is 4.04. The monoisotopic (exact) mass is 335 g/mol. The maximum Gasteiger partial charge on any atom is 0.435 e. The number of rotatable bonds is 4. The minimum absolute atomic E-state index is 0.133. The van der Waals surface area contributed by atoms with E-state index in [9.17, 15) is 18.0 Å². The van der Waals surface area contributed by atoms with Crippen LogP contribution in [-0.2, 0) is 24.1 Å². The molecule has 2 aromatic rings. The summed E-state index contributed by atoms with van der Waals surface area (Å²) >= 11 is 1.03. The number of nitrogens with one attached hydrogen (secondary N) is 1. The van der Waals surface area contributed by atoms with E-state index in [0.29, 0.717) is 18.1 Å². The van der Waals surface area contributed by atoms with E-state index in [4.69, 9.17) is 4.74 Å². The number of halogens is 3. The predicted octanol–water partition coefficient (Wildman–Crippen LogP) is 1.48. The number of amides is 2. The van der Waals surface area contributed by atoms with Gasteiger partial charge in [-0.25, -0.2) is 14.3 Å². The smallest absolute Gasteiger partial charge is 0.377 e. The van der Waals surface area contributed by atoms with Gasteiger partial charge in [-0.3, -0.25) is 0 Å². The molecule has 3 rings (SSSR count). The number of methoxy groups -OCH3 is 1. The summed E-state index contributed by atoms with van der Waals surface area (Å²) in [7, 11) is 1.47. The van der Waals surface area contributed by atoms with Crippen LogP contribution in [-0.4, -0.2) is 45.7 Å². The summed E-state index contributed by atoms with van der Waals surface area (Å²) in [5.74, 6) is 0. The second kappa shape index (κ2) is 5.39. The highest BCUT2D eigenvalue weighted by molar-refractivity contribution is 7.16. The van der Waals surface area contributed by atoms with Crippen molar-refractivity contribution in [3.63, 3.8) is 0 Å². The van der Waals surface area contributed by atoms with Crippen LogP contribution in [0.2, 0.25) is 0 Å². The van der Waals surface area contributed by atoms with Crippen LogP contribution in [0.25, 0.3) is 4.96 Å². The lowest BCUT2D eigenvalue weighted by atomic mass is 10.3. The molecule has 0 bridgehead atoms. The van der Waals surface area contributed by atoms with Crippen LogP contribution in [0.1, 0.15) is 16.4 Å². The highest BCUT2D eigenvalue weighted by atomic mass is 32.1. The summed E-state index contributed by atoms with van der Waals surface area (Å²) in [6.45, 7) is 0.754. The van der Waals surface area contributed by atoms with Gasteiger partial charge in [-0.05, 0) is 0 Å². The van der Waals surface area contributed by atoms with Crippen molar-refractivity contribution in [1.82, 2.24) is 24.8 Å². The summed E-state index contributed by atoms with van der Waals surface area (Å²) in [6.07, 6.45) is -4.60. The second-order valence-electron chi connectivity index (χ2n) is 4.68. The lowest BCUT2D eigenvalue weighted by molar-refractivity contribution is -0.141. The quantitative estimate of drug-likeness (QED) is 0.919. The molecular formula is C11H12F3N5O2S. The van der Waals surface area contributed by atoms with Gasteiger partial charge in [-0.15, -0.1) is 0 Å². The Morgan fingerprint density at radius 1 is 1.45 bits per heavy atom. The third-order valence-electron chi connectivity index (χ3n) is 3.16. The Labute approximate surface area is 126 Å². The van der Waals surface area contributed by atoms with Gasteiger partial charge in [-0.2, -0.15) is 18.3 Å². The predicted molar refractivity (Wildman–Crippen MR) is 70.4 cm³/mol. The van der Waals surface area contributed by atoms with Crippen molar-refractivity contribution in [3.05, 3.63) is 16.4 Å². The van der Waals surface area contributed by atoms with Gasteiger partial charge in [0.2, 0.25) is 4.96 Å². The summed E-state index contributed by atoms with van der Waals surface area (Å²) in [5, 5.41) is 7.16. The van der Waals surface area contributed by atoms with Crippen molar-refractivity contribution in [2.45, 2.75) is 19.3 Å². The highest BCUT2D eigenvalue weighted by Crippen LogP contribution is 2.34. The highest BCUT2D eigenvalue weighted by Gasteiger charge is 2.39. The van der Waals surface area contributed by atoms with Crippen molar-refractivity contribution in [2.75, 3.05) is 20.2 Å². The zero-order chi connectivity index (χ0) is 15.9. The van der Waals surface area contributed by atoms with Gasteiger partial charge in [0.25, 0.3) is 0 Å². The van der Waals surface area contributed by atoms with Crippen molar-refractivity contribution in [2.24, 2.45) is 0 Å². The Morgan fingerprint density at radius 3 is 2.82 bits per heavy atom.